The Morgan fingerprint density at radius 2 is 1.74 bits per heavy atom. The summed E-state index contributed by atoms with van der Waals surface area (Å²) >= 11 is 0. The van der Waals surface area contributed by atoms with Gasteiger partial charge >= 0.3 is 0 Å². The molecule has 2 amide bonds. The molecule has 0 unspecified atom stereocenters. The van der Waals surface area contributed by atoms with Gasteiger partial charge in [0.15, 0.2) is 0 Å². The van der Waals surface area contributed by atoms with Gasteiger partial charge < -0.3 is 5.32 Å². The van der Waals surface area contributed by atoms with Crippen molar-refractivity contribution in [3.05, 3.63) is 77.6 Å². The van der Waals surface area contributed by atoms with Crippen molar-refractivity contribution >= 4 is 28.3 Å². The van der Waals surface area contributed by atoms with Crippen LogP contribution in [0.1, 0.15) is 22.3 Å². The Morgan fingerprint density at radius 1 is 1.00 bits per heavy atom. The molecule has 0 saturated carbocycles. The summed E-state index contributed by atoms with van der Waals surface area (Å²) in [6.07, 6.45) is 1.51. The highest BCUT2D eigenvalue weighted by molar-refractivity contribution is 6.26. The quantitative estimate of drug-likeness (QED) is 0.680. The number of benzene rings is 3. The predicted octanol–water partition coefficient (Wildman–Crippen LogP) is 3.69. The summed E-state index contributed by atoms with van der Waals surface area (Å²) in [4.78, 5) is 26.5. The number of hydrogen-bond donors (Lipinski definition) is 1. The summed E-state index contributed by atoms with van der Waals surface area (Å²) in [7, 11) is 0. The molecule has 1 aliphatic heterocycles. The molecule has 27 heavy (non-hydrogen) atoms. The predicted molar refractivity (Wildman–Crippen MR) is 103 cm³/mol. The molecule has 0 fully saturated rings. The van der Waals surface area contributed by atoms with Gasteiger partial charge in [-0.15, -0.1) is 0 Å². The molecule has 1 N–H and O–H groups in total. The number of amides is 2. The molecule has 3 aromatic rings. The number of hydrogen-bond acceptors (Lipinski definition) is 2. The molecule has 5 heteroatoms. The van der Waals surface area contributed by atoms with E-state index in [0.29, 0.717) is 12.1 Å². The molecule has 0 spiro atoms. The first-order valence-electron chi connectivity index (χ1n) is 8.98. The first-order valence-corrected chi connectivity index (χ1v) is 8.98. The standard InChI is InChI=1S/C22H19FN2O2/c23-17-11-9-15(10-12-17)4-3-13-24-20(26)14-25-19-8-2-6-16-5-1-7-18(21(16)19)22(25)27/h1-2,5-12H,3-4,13-14H2,(H,24,26). The van der Waals surface area contributed by atoms with Crippen molar-refractivity contribution in [3.63, 3.8) is 0 Å². The molecule has 0 bridgehead atoms. The number of nitrogens with zero attached hydrogens (tertiary/aromatic N) is 1. The van der Waals surface area contributed by atoms with E-state index in [1.54, 1.807) is 18.2 Å². The van der Waals surface area contributed by atoms with Crippen LogP contribution in [0, 0.1) is 5.82 Å². The Morgan fingerprint density at radius 3 is 2.52 bits per heavy atom. The molecule has 0 aromatic heterocycles. The third-order valence-corrected chi connectivity index (χ3v) is 4.83. The largest absolute Gasteiger partial charge is 0.355 e. The third-order valence-electron chi connectivity index (χ3n) is 4.83. The van der Waals surface area contributed by atoms with Crippen LogP contribution in [0.5, 0.6) is 0 Å². The van der Waals surface area contributed by atoms with E-state index in [4.69, 9.17) is 0 Å². The van der Waals surface area contributed by atoms with Gasteiger partial charge in [0.2, 0.25) is 5.91 Å². The smallest absolute Gasteiger partial charge is 0.259 e. The number of nitrogens with one attached hydrogen (secondary N) is 1. The fourth-order valence-corrected chi connectivity index (χ4v) is 3.51. The Labute approximate surface area is 156 Å². The highest BCUT2D eigenvalue weighted by Gasteiger charge is 2.30. The minimum Gasteiger partial charge on any atom is -0.355 e. The maximum atomic E-state index is 12.9. The van der Waals surface area contributed by atoms with Gasteiger partial charge in [-0.1, -0.05) is 36.4 Å². The lowest BCUT2D eigenvalue weighted by molar-refractivity contribution is -0.119. The first-order chi connectivity index (χ1) is 13.1. The topological polar surface area (TPSA) is 49.4 Å². The zero-order valence-electron chi connectivity index (χ0n) is 14.7. The van der Waals surface area contributed by atoms with E-state index < -0.39 is 0 Å². The maximum absolute atomic E-state index is 12.9. The van der Waals surface area contributed by atoms with E-state index in [9.17, 15) is 14.0 Å². The zero-order chi connectivity index (χ0) is 18.8. The second kappa shape index (κ2) is 7.19. The molecule has 4 rings (SSSR count). The van der Waals surface area contributed by atoms with Crippen molar-refractivity contribution in [3.8, 4) is 0 Å². The van der Waals surface area contributed by atoms with Crippen LogP contribution in [-0.4, -0.2) is 24.9 Å². The molecule has 3 aromatic carbocycles. The monoisotopic (exact) mass is 362 g/mol. The number of carbonyl (C=O) groups excluding carboxylic acids is 2. The van der Waals surface area contributed by atoms with Crippen molar-refractivity contribution in [2.45, 2.75) is 12.8 Å². The van der Waals surface area contributed by atoms with Crippen LogP contribution in [0.2, 0.25) is 0 Å². The van der Waals surface area contributed by atoms with Crippen LogP contribution in [0.15, 0.2) is 60.7 Å². The van der Waals surface area contributed by atoms with Gasteiger partial charge in [-0.25, -0.2) is 4.39 Å². The lowest BCUT2D eigenvalue weighted by atomic mass is 10.1. The molecular formula is C22H19FN2O2. The Kier molecular flexibility index (Phi) is 4.59. The molecule has 1 aliphatic rings. The fourth-order valence-electron chi connectivity index (χ4n) is 3.51. The van der Waals surface area contributed by atoms with Gasteiger partial charge in [-0.3, -0.25) is 14.5 Å². The van der Waals surface area contributed by atoms with Crippen molar-refractivity contribution in [1.29, 1.82) is 0 Å². The summed E-state index contributed by atoms with van der Waals surface area (Å²) in [6, 6.07) is 17.7. The first kappa shape index (κ1) is 17.2. The van der Waals surface area contributed by atoms with Gasteiger partial charge in [0.25, 0.3) is 5.91 Å². The zero-order valence-corrected chi connectivity index (χ0v) is 14.7. The van der Waals surface area contributed by atoms with E-state index in [-0.39, 0.29) is 24.2 Å². The van der Waals surface area contributed by atoms with Gasteiger partial charge in [-0.2, -0.15) is 0 Å². The number of rotatable bonds is 6. The number of carbonyl (C=O) groups is 2. The normalized spacial score (nSPS) is 12.6. The molecule has 0 saturated heterocycles. The molecule has 0 radical (unpaired) electrons. The summed E-state index contributed by atoms with van der Waals surface area (Å²) in [5, 5.41) is 4.78. The second-order valence-electron chi connectivity index (χ2n) is 6.65. The van der Waals surface area contributed by atoms with E-state index in [1.807, 2.05) is 30.3 Å². The van der Waals surface area contributed by atoms with Crippen molar-refractivity contribution in [1.82, 2.24) is 5.32 Å². The average Bonchev–Trinajstić information content (AvgIpc) is 2.95. The lowest BCUT2D eigenvalue weighted by Crippen LogP contribution is -2.39. The highest BCUT2D eigenvalue weighted by Crippen LogP contribution is 2.36. The summed E-state index contributed by atoms with van der Waals surface area (Å²) < 4.78 is 12.9. The van der Waals surface area contributed by atoms with Crippen LogP contribution in [-0.2, 0) is 11.2 Å². The summed E-state index contributed by atoms with van der Waals surface area (Å²) in [6.45, 7) is 0.512. The minimum atomic E-state index is -0.252. The number of halogens is 1. The van der Waals surface area contributed by atoms with Crippen LogP contribution in [0.3, 0.4) is 0 Å². The Hall–Kier alpha value is -3.21. The molecule has 0 aliphatic carbocycles. The molecule has 1 heterocycles. The van der Waals surface area contributed by atoms with E-state index in [2.05, 4.69) is 5.32 Å². The molecule has 0 atom stereocenters. The number of anilines is 1. The van der Waals surface area contributed by atoms with E-state index in [1.165, 1.54) is 17.0 Å². The van der Waals surface area contributed by atoms with E-state index in [0.717, 1.165) is 34.9 Å². The number of aryl methyl sites for hydroxylation is 1. The molecule has 4 nitrogen and oxygen atoms in total. The van der Waals surface area contributed by atoms with Crippen LogP contribution >= 0.6 is 0 Å². The Balaban J connectivity index is 1.34. The van der Waals surface area contributed by atoms with Gasteiger partial charge in [-0.05, 0) is 48.1 Å². The fraction of sp³-hybridized carbons (Fsp3) is 0.182. The lowest BCUT2D eigenvalue weighted by Gasteiger charge is -2.17. The van der Waals surface area contributed by atoms with Gasteiger partial charge in [0.05, 0.1) is 5.69 Å². The van der Waals surface area contributed by atoms with Gasteiger partial charge in [0, 0.05) is 17.5 Å². The van der Waals surface area contributed by atoms with Crippen LogP contribution in [0.4, 0.5) is 10.1 Å². The third kappa shape index (κ3) is 3.40. The van der Waals surface area contributed by atoms with Crippen molar-refractivity contribution in [2.24, 2.45) is 0 Å². The highest BCUT2D eigenvalue weighted by atomic mass is 19.1. The summed E-state index contributed by atoms with van der Waals surface area (Å²) in [5.41, 5.74) is 2.46. The van der Waals surface area contributed by atoms with Crippen LogP contribution in [0.25, 0.3) is 10.8 Å². The Bertz CT molecular complexity index is 1010. The molecule has 136 valence electrons. The summed E-state index contributed by atoms with van der Waals surface area (Å²) in [5.74, 6) is -0.575. The molecular weight excluding hydrogens is 343 g/mol. The second-order valence-corrected chi connectivity index (χ2v) is 6.65. The average molecular weight is 362 g/mol. The minimum absolute atomic E-state index is 0.00315. The van der Waals surface area contributed by atoms with Gasteiger partial charge in [0.1, 0.15) is 12.4 Å². The van der Waals surface area contributed by atoms with Crippen LogP contribution < -0.4 is 10.2 Å². The van der Waals surface area contributed by atoms with Crippen molar-refractivity contribution < 1.29 is 14.0 Å². The van der Waals surface area contributed by atoms with Crippen molar-refractivity contribution in [2.75, 3.05) is 18.0 Å². The SMILES string of the molecule is O=C(CN1C(=O)c2cccc3cccc1c23)NCCCc1ccc(F)cc1. The maximum Gasteiger partial charge on any atom is 0.259 e. The van der Waals surface area contributed by atoms with E-state index >= 15 is 0 Å².